The second-order valence-electron chi connectivity index (χ2n) is 6.82. The molecule has 2 N–H and O–H groups in total. The van der Waals surface area contributed by atoms with Crippen molar-refractivity contribution in [3.8, 4) is 18.1 Å². The number of carbonyl (C=O) groups is 1. The lowest BCUT2D eigenvalue weighted by molar-refractivity contribution is -0.122. The number of nitrogens with one attached hydrogen (secondary N) is 2. The predicted octanol–water partition coefficient (Wildman–Crippen LogP) is 4.66. The van der Waals surface area contributed by atoms with Crippen molar-refractivity contribution in [2.24, 2.45) is 0 Å². The van der Waals surface area contributed by atoms with Crippen LogP contribution in [0.15, 0.2) is 53.4 Å². The van der Waals surface area contributed by atoms with Gasteiger partial charge in [0.25, 0.3) is 0 Å². The number of amides is 1. The quantitative estimate of drug-likeness (QED) is 0.310. The zero-order valence-corrected chi connectivity index (χ0v) is 18.8. The van der Waals surface area contributed by atoms with Crippen LogP contribution in [0.5, 0.6) is 5.75 Å². The van der Waals surface area contributed by atoms with E-state index in [4.69, 9.17) is 11.2 Å². The summed E-state index contributed by atoms with van der Waals surface area (Å²) in [6.45, 7) is 4.99. The molecule has 0 fully saturated rings. The Labute approximate surface area is 182 Å². The predicted molar refractivity (Wildman–Crippen MR) is 126 cm³/mol. The van der Waals surface area contributed by atoms with E-state index < -0.39 is 4.75 Å². The van der Waals surface area contributed by atoms with Crippen LogP contribution in [0.2, 0.25) is 0 Å². The third-order valence-electron chi connectivity index (χ3n) is 4.23. The Hall–Kier alpha value is -2.23. The van der Waals surface area contributed by atoms with E-state index in [0.717, 1.165) is 17.2 Å². The molecule has 29 heavy (non-hydrogen) atoms. The van der Waals surface area contributed by atoms with Gasteiger partial charge >= 0.3 is 0 Å². The van der Waals surface area contributed by atoms with Gasteiger partial charge in [0.05, 0.1) is 17.6 Å². The van der Waals surface area contributed by atoms with Gasteiger partial charge in [0.15, 0.2) is 0 Å². The minimum Gasteiger partial charge on any atom is -0.497 e. The Morgan fingerprint density at radius 3 is 2.55 bits per heavy atom. The number of anilines is 1. The van der Waals surface area contributed by atoms with E-state index in [1.54, 1.807) is 18.9 Å². The molecule has 0 heterocycles. The fourth-order valence-corrected chi connectivity index (χ4v) is 4.13. The van der Waals surface area contributed by atoms with Gasteiger partial charge in [0.2, 0.25) is 5.91 Å². The molecule has 0 spiro atoms. The fourth-order valence-electron chi connectivity index (χ4n) is 2.50. The highest BCUT2D eigenvalue weighted by Crippen LogP contribution is 2.30. The van der Waals surface area contributed by atoms with Crippen LogP contribution in [0, 0.1) is 12.3 Å². The van der Waals surface area contributed by atoms with Gasteiger partial charge in [-0.25, -0.2) is 0 Å². The van der Waals surface area contributed by atoms with Gasteiger partial charge in [-0.2, -0.15) is 0 Å². The van der Waals surface area contributed by atoms with E-state index in [2.05, 4.69) is 40.8 Å². The molecular weight excluding hydrogens is 400 g/mol. The summed E-state index contributed by atoms with van der Waals surface area (Å²) in [4.78, 5) is 13.5. The largest absolute Gasteiger partial charge is 0.497 e. The van der Waals surface area contributed by atoms with E-state index in [-0.39, 0.29) is 5.91 Å². The van der Waals surface area contributed by atoms with Gasteiger partial charge in [-0.05, 0) is 43.7 Å². The van der Waals surface area contributed by atoms with Crippen LogP contribution in [0.4, 0.5) is 5.69 Å². The number of rotatable bonds is 11. The second kappa shape index (κ2) is 11.7. The van der Waals surface area contributed by atoms with Crippen LogP contribution < -0.4 is 15.4 Å². The van der Waals surface area contributed by atoms with Crippen molar-refractivity contribution >= 4 is 35.1 Å². The standard InChI is InChI=1S/C23H28N2O2S2/c1-5-16-29-23(2,3)22(26)25-15-14-24-20-8-6-7-9-21(20)28-17-18-10-12-19(27-4)13-11-18/h1,6-13,24H,14-17H2,2-4H3,(H,25,26). The molecule has 0 aliphatic heterocycles. The highest BCUT2D eigenvalue weighted by Gasteiger charge is 2.27. The summed E-state index contributed by atoms with van der Waals surface area (Å²) in [7, 11) is 1.67. The molecule has 2 aromatic rings. The first-order valence-electron chi connectivity index (χ1n) is 9.40. The molecule has 0 aliphatic carbocycles. The third-order valence-corrected chi connectivity index (χ3v) is 6.59. The molecule has 0 radical (unpaired) electrons. The van der Waals surface area contributed by atoms with Crippen molar-refractivity contribution in [1.29, 1.82) is 0 Å². The Bertz CT molecular complexity index is 830. The van der Waals surface area contributed by atoms with Crippen molar-refractivity contribution in [2.75, 3.05) is 31.3 Å². The molecule has 0 aromatic heterocycles. The molecule has 0 unspecified atom stereocenters. The molecule has 4 nitrogen and oxygen atoms in total. The molecule has 154 valence electrons. The summed E-state index contributed by atoms with van der Waals surface area (Å²) in [6, 6.07) is 16.3. The highest BCUT2D eigenvalue weighted by molar-refractivity contribution is 8.01. The van der Waals surface area contributed by atoms with E-state index >= 15 is 0 Å². The molecule has 6 heteroatoms. The van der Waals surface area contributed by atoms with E-state index in [1.807, 2.05) is 38.1 Å². The van der Waals surface area contributed by atoms with Gasteiger partial charge in [-0.1, -0.05) is 30.2 Å². The van der Waals surface area contributed by atoms with Gasteiger partial charge in [0, 0.05) is 29.4 Å². The lowest BCUT2D eigenvalue weighted by Gasteiger charge is -2.22. The number of thioether (sulfide) groups is 2. The van der Waals surface area contributed by atoms with Crippen molar-refractivity contribution < 1.29 is 9.53 Å². The summed E-state index contributed by atoms with van der Waals surface area (Å²) < 4.78 is 4.68. The van der Waals surface area contributed by atoms with Gasteiger partial charge in [-0.3, -0.25) is 4.79 Å². The zero-order valence-electron chi connectivity index (χ0n) is 17.2. The Morgan fingerprint density at radius 2 is 1.86 bits per heavy atom. The van der Waals surface area contributed by atoms with Gasteiger partial charge in [0.1, 0.15) is 5.75 Å². The molecule has 0 bridgehead atoms. The van der Waals surface area contributed by atoms with E-state index in [9.17, 15) is 4.79 Å². The van der Waals surface area contributed by atoms with Gasteiger partial charge in [-0.15, -0.1) is 29.9 Å². The average Bonchev–Trinajstić information content (AvgIpc) is 2.74. The first-order chi connectivity index (χ1) is 14.0. The van der Waals surface area contributed by atoms with Crippen LogP contribution >= 0.6 is 23.5 Å². The van der Waals surface area contributed by atoms with Crippen molar-refractivity contribution in [3.63, 3.8) is 0 Å². The summed E-state index contributed by atoms with van der Waals surface area (Å²) in [6.07, 6.45) is 5.29. The Kier molecular flexibility index (Phi) is 9.30. The van der Waals surface area contributed by atoms with Crippen LogP contribution in [0.1, 0.15) is 19.4 Å². The monoisotopic (exact) mass is 428 g/mol. The Morgan fingerprint density at radius 1 is 1.14 bits per heavy atom. The summed E-state index contributed by atoms with van der Waals surface area (Å²) in [5.74, 6) is 4.83. The maximum absolute atomic E-state index is 12.3. The van der Waals surface area contributed by atoms with E-state index in [0.29, 0.717) is 18.8 Å². The SMILES string of the molecule is C#CCSC(C)(C)C(=O)NCCNc1ccccc1SCc1ccc(OC)cc1. The minimum atomic E-state index is -0.529. The first kappa shape index (κ1) is 23.1. The van der Waals surface area contributed by atoms with Crippen LogP contribution in [0.25, 0.3) is 0 Å². The van der Waals surface area contributed by atoms with Crippen molar-refractivity contribution in [2.45, 2.75) is 29.2 Å². The number of carbonyl (C=O) groups excluding carboxylic acids is 1. The maximum Gasteiger partial charge on any atom is 0.235 e. The molecule has 0 atom stereocenters. The number of hydrogen-bond donors (Lipinski definition) is 2. The zero-order chi connectivity index (χ0) is 21.1. The number of methoxy groups -OCH3 is 1. The number of benzene rings is 2. The van der Waals surface area contributed by atoms with Crippen LogP contribution in [-0.4, -0.2) is 36.6 Å². The molecule has 0 aliphatic rings. The lowest BCUT2D eigenvalue weighted by Crippen LogP contribution is -2.41. The number of terminal acetylenes is 1. The molecule has 0 saturated carbocycles. The molecule has 1 amide bonds. The summed E-state index contributed by atoms with van der Waals surface area (Å²) in [5.41, 5.74) is 2.31. The number of para-hydroxylation sites is 1. The maximum atomic E-state index is 12.3. The molecule has 2 rings (SSSR count). The topological polar surface area (TPSA) is 50.4 Å². The fraction of sp³-hybridized carbons (Fsp3) is 0.348. The molecular formula is C23H28N2O2S2. The van der Waals surface area contributed by atoms with Crippen LogP contribution in [-0.2, 0) is 10.5 Å². The van der Waals surface area contributed by atoms with Crippen LogP contribution in [0.3, 0.4) is 0 Å². The smallest absolute Gasteiger partial charge is 0.235 e. The number of ether oxygens (including phenoxy) is 1. The second-order valence-corrected chi connectivity index (χ2v) is 9.43. The normalized spacial score (nSPS) is 10.8. The van der Waals surface area contributed by atoms with Crippen molar-refractivity contribution in [1.82, 2.24) is 5.32 Å². The van der Waals surface area contributed by atoms with Crippen molar-refractivity contribution in [3.05, 3.63) is 54.1 Å². The minimum absolute atomic E-state index is 0.00159. The lowest BCUT2D eigenvalue weighted by atomic mass is 10.2. The first-order valence-corrected chi connectivity index (χ1v) is 11.4. The Balaban J connectivity index is 1.82. The highest BCUT2D eigenvalue weighted by atomic mass is 32.2. The molecule has 0 saturated heterocycles. The average molecular weight is 429 g/mol. The molecule has 2 aromatic carbocycles. The van der Waals surface area contributed by atoms with E-state index in [1.165, 1.54) is 22.2 Å². The van der Waals surface area contributed by atoms with Gasteiger partial charge < -0.3 is 15.4 Å². The number of hydrogen-bond acceptors (Lipinski definition) is 5. The third kappa shape index (κ3) is 7.60. The summed E-state index contributed by atoms with van der Waals surface area (Å²) >= 11 is 3.25. The summed E-state index contributed by atoms with van der Waals surface area (Å²) in [5, 5.41) is 6.40.